The standard InChI is InChI=1S/C14H20N4O2/c1-17-13-11(7-16-17)14(20)18(9-15-13)8-12(19)10-5-3-2-4-6-10/h7,9-10,12,19H,2-6,8H2,1H3. The fraction of sp³-hybridized carbons (Fsp3) is 0.643. The number of aliphatic hydroxyl groups excluding tert-OH is 1. The molecule has 108 valence electrons. The van der Waals surface area contributed by atoms with E-state index >= 15 is 0 Å². The number of aryl methyl sites for hydroxylation is 1. The van der Waals surface area contributed by atoms with Crippen LogP contribution in [0.4, 0.5) is 0 Å². The minimum Gasteiger partial charge on any atom is -0.391 e. The lowest BCUT2D eigenvalue weighted by atomic mass is 9.85. The average molecular weight is 276 g/mol. The topological polar surface area (TPSA) is 72.9 Å². The molecule has 20 heavy (non-hydrogen) atoms. The second-order valence-corrected chi connectivity index (χ2v) is 5.67. The molecule has 0 aromatic carbocycles. The van der Waals surface area contributed by atoms with E-state index in [4.69, 9.17) is 0 Å². The van der Waals surface area contributed by atoms with Crippen molar-refractivity contribution in [2.24, 2.45) is 13.0 Å². The largest absolute Gasteiger partial charge is 0.391 e. The van der Waals surface area contributed by atoms with Crippen molar-refractivity contribution in [3.8, 4) is 0 Å². The second kappa shape index (κ2) is 5.36. The molecule has 1 atom stereocenters. The van der Waals surface area contributed by atoms with Gasteiger partial charge in [-0.1, -0.05) is 19.3 Å². The number of aliphatic hydroxyl groups is 1. The second-order valence-electron chi connectivity index (χ2n) is 5.67. The van der Waals surface area contributed by atoms with Gasteiger partial charge in [-0.2, -0.15) is 5.10 Å². The van der Waals surface area contributed by atoms with E-state index in [0.717, 1.165) is 12.8 Å². The highest BCUT2D eigenvalue weighted by molar-refractivity contribution is 5.72. The number of rotatable bonds is 3. The van der Waals surface area contributed by atoms with Gasteiger partial charge in [-0.15, -0.1) is 0 Å². The highest BCUT2D eigenvalue weighted by Crippen LogP contribution is 2.26. The van der Waals surface area contributed by atoms with E-state index in [1.54, 1.807) is 11.7 Å². The Hall–Kier alpha value is -1.69. The lowest BCUT2D eigenvalue weighted by molar-refractivity contribution is 0.0686. The summed E-state index contributed by atoms with van der Waals surface area (Å²) in [6, 6.07) is 0. The van der Waals surface area contributed by atoms with E-state index in [1.807, 2.05) is 0 Å². The quantitative estimate of drug-likeness (QED) is 0.910. The summed E-state index contributed by atoms with van der Waals surface area (Å²) in [7, 11) is 1.76. The summed E-state index contributed by atoms with van der Waals surface area (Å²) >= 11 is 0. The molecule has 0 aliphatic heterocycles. The number of nitrogens with zero attached hydrogens (tertiary/aromatic N) is 4. The molecule has 0 radical (unpaired) electrons. The van der Waals surface area contributed by atoms with Gasteiger partial charge in [-0.3, -0.25) is 14.0 Å². The third kappa shape index (κ3) is 2.35. The Morgan fingerprint density at radius 1 is 1.40 bits per heavy atom. The van der Waals surface area contributed by atoms with Crippen LogP contribution in [-0.4, -0.2) is 30.5 Å². The molecule has 0 amide bonds. The van der Waals surface area contributed by atoms with Crippen molar-refractivity contribution in [1.29, 1.82) is 0 Å². The minimum absolute atomic E-state index is 0.127. The number of hydrogen-bond donors (Lipinski definition) is 1. The van der Waals surface area contributed by atoms with E-state index in [-0.39, 0.29) is 5.56 Å². The molecule has 1 aliphatic rings. The van der Waals surface area contributed by atoms with Crippen LogP contribution in [0, 0.1) is 5.92 Å². The van der Waals surface area contributed by atoms with Crippen LogP contribution in [0.15, 0.2) is 17.3 Å². The van der Waals surface area contributed by atoms with Gasteiger partial charge >= 0.3 is 0 Å². The molecule has 2 aromatic rings. The van der Waals surface area contributed by atoms with E-state index in [0.29, 0.717) is 23.5 Å². The van der Waals surface area contributed by atoms with Crippen molar-refractivity contribution < 1.29 is 5.11 Å². The predicted molar refractivity (Wildman–Crippen MR) is 75.4 cm³/mol. The zero-order valence-electron chi connectivity index (χ0n) is 11.7. The molecule has 1 aliphatic carbocycles. The molecule has 0 saturated heterocycles. The summed E-state index contributed by atoms with van der Waals surface area (Å²) < 4.78 is 3.09. The first-order valence-electron chi connectivity index (χ1n) is 7.22. The smallest absolute Gasteiger partial charge is 0.264 e. The Labute approximate surface area is 117 Å². The van der Waals surface area contributed by atoms with Gasteiger partial charge in [0.05, 0.1) is 18.8 Å². The Kier molecular flexibility index (Phi) is 3.56. The van der Waals surface area contributed by atoms with Gasteiger partial charge in [0, 0.05) is 7.05 Å². The number of fused-ring (bicyclic) bond motifs is 1. The van der Waals surface area contributed by atoms with E-state index in [9.17, 15) is 9.90 Å². The summed E-state index contributed by atoms with van der Waals surface area (Å²) in [6.45, 7) is 0.321. The van der Waals surface area contributed by atoms with Crippen molar-refractivity contribution in [3.63, 3.8) is 0 Å². The predicted octanol–water partition coefficient (Wildman–Crippen LogP) is 1.07. The third-order valence-electron chi connectivity index (χ3n) is 4.30. The highest BCUT2D eigenvalue weighted by Gasteiger charge is 2.22. The molecule has 6 heteroatoms. The van der Waals surface area contributed by atoms with Crippen LogP contribution in [0.5, 0.6) is 0 Å². The molecule has 0 bridgehead atoms. The van der Waals surface area contributed by atoms with Gasteiger partial charge in [0.2, 0.25) is 0 Å². The number of hydrogen-bond acceptors (Lipinski definition) is 4. The van der Waals surface area contributed by atoms with E-state index < -0.39 is 6.10 Å². The Morgan fingerprint density at radius 2 is 2.15 bits per heavy atom. The van der Waals surface area contributed by atoms with Crippen LogP contribution in [-0.2, 0) is 13.6 Å². The van der Waals surface area contributed by atoms with Gasteiger partial charge < -0.3 is 5.11 Å². The SMILES string of the molecule is Cn1ncc2c(=O)n(CC(O)C3CCCCC3)cnc21. The summed E-state index contributed by atoms with van der Waals surface area (Å²) in [6.07, 6.45) is 8.30. The molecular formula is C14H20N4O2. The zero-order valence-corrected chi connectivity index (χ0v) is 11.7. The summed E-state index contributed by atoms with van der Waals surface area (Å²) in [5, 5.41) is 14.9. The van der Waals surface area contributed by atoms with Crippen LogP contribution in [0.25, 0.3) is 11.0 Å². The van der Waals surface area contributed by atoms with Crippen LogP contribution >= 0.6 is 0 Å². The maximum absolute atomic E-state index is 12.3. The van der Waals surface area contributed by atoms with Gasteiger partial charge in [-0.25, -0.2) is 4.98 Å². The molecule has 1 N–H and O–H groups in total. The lowest BCUT2D eigenvalue weighted by Crippen LogP contribution is -2.32. The van der Waals surface area contributed by atoms with Crippen molar-refractivity contribution in [3.05, 3.63) is 22.9 Å². The molecule has 6 nitrogen and oxygen atoms in total. The van der Waals surface area contributed by atoms with Gasteiger partial charge in [0.25, 0.3) is 5.56 Å². The van der Waals surface area contributed by atoms with E-state index in [1.165, 1.54) is 36.4 Å². The minimum atomic E-state index is -0.469. The van der Waals surface area contributed by atoms with Crippen molar-refractivity contribution in [2.75, 3.05) is 0 Å². The summed E-state index contributed by atoms with van der Waals surface area (Å²) in [5.74, 6) is 0.306. The van der Waals surface area contributed by atoms with Crippen molar-refractivity contribution in [2.45, 2.75) is 44.8 Å². The van der Waals surface area contributed by atoms with Crippen LogP contribution < -0.4 is 5.56 Å². The summed E-state index contributed by atoms with van der Waals surface area (Å²) in [4.78, 5) is 16.6. The molecule has 3 rings (SSSR count). The lowest BCUT2D eigenvalue weighted by Gasteiger charge is -2.26. The first-order chi connectivity index (χ1) is 9.66. The first kappa shape index (κ1) is 13.3. The van der Waals surface area contributed by atoms with E-state index in [2.05, 4.69) is 10.1 Å². The number of aromatic nitrogens is 4. The van der Waals surface area contributed by atoms with Gasteiger partial charge in [0.15, 0.2) is 5.65 Å². The first-order valence-corrected chi connectivity index (χ1v) is 7.22. The van der Waals surface area contributed by atoms with Gasteiger partial charge in [0.1, 0.15) is 11.7 Å². The molecule has 2 aromatic heterocycles. The zero-order chi connectivity index (χ0) is 14.1. The Bertz CT molecular complexity index is 655. The molecular weight excluding hydrogens is 256 g/mol. The van der Waals surface area contributed by atoms with Crippen LogP contribution in [0.1, 0.15) is 32.1 Å². The van der Waals surface area contributed by atoms with Crippen molar-refractivity contribution in [1.82, 2.24) is 19.3 Å². The molecule has 2 heterocycles. The fourth-order valence-electron chi connectivity index (χ4n) is 3.07. The highest BCUT2D eigenvalue weighted by atomic mass is 16.3. The van der Waals surface area contributed by atoms with Crippen LogP contribution in [0.3, 0.4) is 0 Å². The maximum atomic E-state index is 12.3. The van der Waals surface area contributed by atoms with Crippen LogP contribution in [0.2, 0.25) is 0 Å². The summed E-state index contributed by atoms with van der Waals surface area (Å²) in [5.41, 5.74) is 0.455. The molecule has 0 spiro atoms. The normalized spacial score (nSPS) is 18.5. The van der Waals surface area contributed by atoms with Gasteiger partial charge in [-0.05, 0) is 18.8 Å². The van der Waals surface area contributed by atoms with Crippen molar-refractivity contribution >= 4 is 11.0 Å². The molecule has 1 saturated carbocycles. The monoisotopic (exact) mass is 276 g/mol. The maximum Gasteiger partial charge on any atom is 0.264 e. The Morgan fingerprint density at radius 3 is 2.90 bits per heavy atom. The average Bonchev–Trinajstić information content (AvgIpc) is 2.85. The fourth-order valence-corrected chi connectivity index (χ4v) is 3.07. The molecule has 1 fully saturated rings. The molecule has 1 unspecified atom stereocenters. The Balaban J connectivity index is 1.83. The third-order valence-corrected chi connectivity index (χ3v) is 4.30.